The molecule has 1 aliphatic rings. The van der Waals surface area contributed by atoms with Crippen LogP contribution in [0.25, 0.3) is 5.52 Å². The molecule has 1 saturated heterocycles. The van der Waals surface area contributed by atoms with Crippen LogP contribution in [0, 0.1) is 17.5 Å². The van der Waals surface area contributed by atoms with E-state index in [0.717, 1.165) is 18.2 Å². The lowest BCUT2D eigenvalue weighted by Gasteiger charge is -2.28. The van der Waals surface area contributed by atoms with E-state index in [9.17, 15) is 18.7 Å². The van der Waals surface area contributed by atoms with Gasteiger partial charge in [0.05, 0.1) is 36.2 Å². The van der Waals surface area contributed by atoms with Gasteiger partial charge in [0, 0.05) is 24.8 Å². The van der Waals surface area contributed by atoms with Crippen LogP contribution in [0.5, 0.6) is 0 Å². The first-order valence-electron chi connectivity index (χ1n) is 9.85. The molecule has 0 bridgehead atoms. The number of aliphatic hydroxyl groups is 2. The fourth-order valence-corrected chi connectivity index (χ4v) is 3.94. The molecule has 0 radical (unpaired) electrons. The molecule has 0 aliphatic carbocycles. The van der Waals surface area contributed by atoms with E-state index in [2.05, 4.69) is 10.4 Å². The van der Waals surface area contributed by atoms with E-state index in [-0.39, 0.29) is 28.9 Å². The molecule has 0 spiro atoms. The highest BCUT2D eigenvalue weighted by atomic mass is 19.1. The van der Waals surface area contributed by atoms with Crippen LogP contribution in [0.3, 0.4) is 0 Å². The smallest absolute Gasteiger partial charge is 0.255 e. The fourth-order valence-electron chi connectivity index (χ4n) is 3.94. The van der Waals surface area contributed by atoms with Gasteiger partial charge in [-0.1, -0.05) is 0 Å². The van der Waals surface area contributed by atoms with Crippen molar-refractivity contribution in [1.82, 2.24) is 14.9 Å². The number of carbonyl (C=O) groups is 1. The number of hydrogen-bond acceptors (Lipinski definition) is 5. The maximum Gasteiger partial charge on any atom is 0.255 e. The van der Waals surface area contributed by atoms with Crippen LogP contribution < -0.4 is 10.2 Å². The fraction of sp³-hybridized carbons (Fsp3) is 0.333. The van der Waals surface area contributed by atoms with Crippen molar-refractivity contribution in [1.29, 1.82) is 0 Å². The molecule has 0 unspecified atom stereocenters. The summed E-state index contributed by atoms with van der Waals surface area (Å²) in [4.78, 5) is 14.1. The van der Waals surface area contributed by atoms with Crippen LogP contribution in [0.2, 0.25) is 0 Å². The Morgan fingerprint density at radius 2 is 2.10 bits per heavy atom. The first-order valence-corrected chi connectivity index (χ1v) is 9.85. The van der Waals surface area contributed by atoms with Crippen LogP contribution in [0.1, 0.15) is 34.8 Å². The second kappa shape index (κ2) is 8.56. The van der Waals surface area contributed by atoms with E-state index >= 15 is 4.39 Å². The summed E-state index contributed by atoms with van der Waals surface area (Å²) in [6.07, 6.45) is 2.74. The van der Waals surface area contributed by atoms with Crippen molar-refractivity contribution < 1.29 is 28.2 Å². The molecule has 31 heavy (non-hydrogen) atoms. The average molecular weight is 434 g/mol. The van der Waals surface area contributed by atoms with Gasteiger partial charge in [-0.3, -0.25) is 4.79 Å². The van der Waals surface area contributed by atoms with E-state index in [0.29, 0.717) is 19.4 Å². The first-order chi connectivity index (χ1) is 14.9. The topological polar surface area (TPSA) is 90.1 Å². The predicted octanol–water partition coefficient (Wildman–Crippen LogP) is 2.18. The number of rotatable bonds is 6. The number of benzene rings is 1. The molecule has 1 aromatic carbocycles. The van der Waals surface area contributed by atoms with Crippen molar-refractivity contribution in [2.24, 2.45) is 0 Å². The van der Waals surface area contributed by atoms with Crippen molar-refractivity contribution in [2.75, 3.05) is 24.6 Å². The van der Waals surface area contributed by atoms with Gasteiger partial charge >= 0.3 is 0 Å². The van der Waals surface area contributed by atoms with Crippen LogP contribution in [-0.2, 0) is 0 Å². The molecule has 4 rings (SSSR count). The third kappa shape index (κ3) is 3.96. The Labute approximate surface area is 175 Å². The van der Waals surface area contributed by atoms with Crippen LogP contribution >= 0.6 is 0 Å². The first kappa shape index (κ1) is 21.1. The van der Waals surface area contributed by atoms with Gasteiger partial charge in [0.25, 0.3) is 5.91 Å². The zero-order valence-corrected chi connectivity index (χ0v) is 16.4. The maximum absolute atomic E-state index is 15.6. The number of fused-ring (bicyclic) bond motifs is 1. The molecule has 2 aromatic heterocycles. The minimum atomic E-state index is -1.14. The van der Waals surface area contributed by atoms with E-state index in [4.69, 9.17) is 5.11 Å². The van der Waals surface area contributed by atoms with Crippen LogP contribution in [0.4, 0.5) is 18.9 Å². The summed E-state index contributed by atoms with van der Waals surface area (Å²) in [5.74, 6) is -2.50. The number of aliphatic hydroxyl groups excluding tert-OH is 2. The largest absolute Gasteiger partial charge is 0.394 e. The third-order valence-corrected chi connectivity index (χ3v) is 5.43. The minimum absolute atomic E-state index is 0.0443. The molecule has 2 atom stereocenters. The van der Waals surface area contributed by atoms with E-state index < -0.39 is 42.1 Å². The number of carbonyl (C=O) groups excluding carboxylic acids is 1. The quantitative estimate of drug-likeness (QED) is 0.553. The maximum atomic E-state index is 15.6. The lowest BCUT2D eigenvalue weighted by Crippen LogP contribution is -2.33. The molecule has 0 saturated carbocycles. The Balaban J connectivity index is 1.70. The van der Waals surface area contributed by atoms with Gasteiger partial charge in [-0.25, -0.2) is 17.7 Å². The highest BCUT2D eigenvalue weighted by molar-refractivity contribution is 6.01. The molecule has 1 amide bonds. The number of hydrogen-bond donors (Lipinski definition) is 3. The average Bonchev–Trinajstić information content (AvgIpc) is 3.41. The molecule has 1 fully saturated rings. The number of nitrogens with one attached hydrogen (secondary N) is 1. The zero-order chi connectivity index (χ0) is 22.1. The molecule has 164 valence electrons. The second-order valence-corrected chi connectivity index (χ2v) is 7.43. The molecule has 10 heteroatoms. The van der Waals surface area contributed by atoms with Gasteiger partial charge in [-0.2, -0.15) is 5.10 Å². The molecule has 1 aliphatic heterocycles. The van der Waals surface area contributed by atoms with Gasteiger partial charge in [0.1, 0.15) is 17.2 Å². The number of nitrogens with zero attached hydrogens (tertiary/aromatic N) is 3. The van der Waals surface area contributed by atoms with Crippen molar-refractivity contribution in [3.8, 4) is 0 Å². The summed E-state index contributed by atoms with van der Waals surface area (Å²) in [5, 5.41) is 24.7. The number of amides is 1. The molecule has 7 nitrogen and oxygen atoms in total. The second-order valence-electron chi connectivity index (χ2n) is 7.43. The van der Waals surface area contributed by atoms with Crippen molar-refractivity contribution in [3.63, 3.8) is 0 Å². The van der Waals surface area contributed by atoms with Crippen LogP contribution in [0.15, 0.2) is 36.7 Å². The summed E-state index contributed by atoms with van der Waals surface area (Å²) >= 11 is 0. The Bertz CT molecular complexity index is 1120. The third-order valence-electron chi connectivity index (χ3n) is 5.43. The standard InChI is InChI=1S/C21H21F3N4O3/c22-12-3-4-16(23)14(8-12)17-2-1-6-27(17)18-5-7-28-20(19(18)24)15(10-26-28)21(31)25-9-13(30)11-29/h3-5,7-8,10,13,17,29-30H,1-2,6,9,11H2,(H,25,31)/t13-,17+/m0/s1. The van der Waals surface area contributed by atoms with E-state index in [1.165, 1.54) is 23.0 Å². The summed E-state index contributed by atoms with van der Waals surface area (Å²) in [5.41, 5.74) is 0.195. The SMILES string of the molecule is O=C(NC[C@H](O)CO)c1cnn2ccc(N3CCC[C@@H]3c3cc(F)ccc3F)c(F)c12. The summed E-state index contributed by atoms with van der Waals surface area (Å²) < 4.78 is 44.9. The number of aromatic nitrogens is 2. The van der Waals surface area contributed by atoms with E-state index in [1.807, 2.05) is 0 Å². The Kier molecular flexibility index (Phi) is 5.84. The van der Waals surface area contributed by atoms with Gasteiger partial charge < -0.3 is 20.4 Å². The zero-order valence-electron chi connectivity index (χ0n) is 16.4. The molecule has 3 aromatic rings. The van der Waals surface area contributed by atoms with Gasteiger partial charge in [-0.05, 0) is 37.1 Å². The molecule has 3 N–H and O–H groups in total. The number of pyridine rings is 1. The summed E-state index contributed by atoms with van der Waals surface area (Å²) in [6, 6.07) is 4.16. The predicted molar refractivity (Wildman–Crippen MR) is 106 cm³/mol. The van der Waals surface area contributed by atoms with Gasteiger partial charge in [0.2, 0.25) is 0 Å². The van der Waals surface area contributed by atoms with E-state index in [1.54, 1.807) is 4.90 Å². The Morgan fingerprint density at radius 3 is 2.87 bits per heavy atom. The van der Waals surface area contributed by atoms with Crippen molar-refractivity contribution >= 4 is 17.1 Å². The van der Waals surface area contributed by atoms with Crippen molar-refractivity contribution in [2.45, 2.75) is 25.0 Å². The molecule has 3 heterocycles. The Morgan fingerprint density at radius 1 is 1.29 bits per heavy atom. The van der Waals surface area contributed by atoms with Crippen LogP contribution in [-0.4, -0.2) is 51.5 Å². The highest BCUT2D eigenvalue weighted by Gasteiger charge is 2.32. The highest BCUT2D eigenvalue weighted by Crippen LogP contribution is 2.39. The monoisotopic (exact) mass is 434 g/mol. The Hall–Kier alpha value is -3.11. The molecular formula is C21H21F3N4O3. The minimum Gasteiger partial charge on any atom is -0.394 e. The summed E-state index contributed by atoms with van der Waals surface area (Å²) in [6.45, 7) is -0.298. The van der Waals surface area contributed by atoms with Gasteiger partial charge in [0.15, 0.2) is 5.82 Å². The number of halogens is 3. The lowest BCUT2D eigenvalue weighted by molar-refractivity contribution is 0.0803. The normalized spacial score (nSPS) is 17.3. The number of anilines is 1. The molecular weight excluding hydrogens is 413 g/mol. The summed E-state index contributed by atoms with van der Waals surface area (Å²) in [7, 11) is 0. The lowest BCUT2D eigenvalue weighted by atomic mass is 10.0. The van der Waals surface area contributed by atoms with Crippen molar-refractivity contribution in [3.05, 3.63) is 65.2 Å². The van der Waals surface area contributed by atoms with Gasteiger partial charge in [-0.15, -0.1) is 0 Å².